The maximum Gasteiger partial charge on any atom is 0.397 e. The van der Waals surface area contributed by atoms with Crippen LogP contribution in [0.5, 0.6) is 0 Å². The lowest BCUT2D eigenvalue weighted by Crippen LogP contribution is -2.42. The van der Waals surface area contributed by atoms with E-state index in [1.54, 1.807) is 6.92 Å². The molecule has 1 aliphatic rings. The third-order valence-electron chi connectivity index (χ3n) is 2.30. The smallest absolute Gasteiger partial charge is 0.397 e. The second-order valence-electron chi connectivity index (χ2n) is 3.20. The molecule has 1 N–H and O–H groups in total. The van der Waals surface area contributed by atoms with Crippen molar-refractivity contribution in [2.75, 3.05) is 19.8 Å². The first kappa shape index (κ1) is 11.0. The van der Waals surface area contributed by atoms with E-state index in [-0.39, 0.29) is 19.3 Å². The summed E-state index contributed by atoms with van der Waals surface area (Å²) >= 11 is 0. The first-order chi connectivity index (χ1) is 6.70. The lowest BCUT2D eigenvalue weighted by Gasteiger charge is -2.21. The van der Waals surface area contributed by atoms with Gasteiger partial charge in [0.25, 0.3) is 0 Å². The minimum atomic E-state index is -0.826. The number of carbonyl (C=O) groups excluding carboxylic acids is 2. The standard InChI is InChI=1S/C9H15NO4/c1-2-14-9(13)8(12)10-5-3-4-7(10)6-11/h7,11H,2-6H2,1H3. The van der Waals surface area contributed by atoms with Crippen LogP contribution >= 0.6 is 0 Å². The molecule has 1 aliphatic heterocycles. The maximum absolute atomic E-state index is 11.4. The zero-order chi connectivity index (χ0) is 10.6. The van der Waals surface area contributed by atoms with Crippen LogP contribution in [0.25, 0.3) is 0 Å². The Morgan fingerprint density at radius 3 is 2.86 bits per heavy atom. The average molecular weight is 201 g/mol. The molecule has 1 rings (SSSR count). The fourth-order valence-electron chi connectivity index (χ4n) is 1.60. The predicted molar refractivity (Wildman–Crippen MR) is 48.5 cm³/mol. The molecule has 0 aromatic carbocycles. The number of ether oxygens (including phenoxy) is 1. The molecule has 1 saturated heterocycles. The highest BCUT2D eigenvalue weighted by Gasteiger charge is 2.32. The van der Waals surface area contributed by atoms with Crippen molar-refractivity contribution >= 4 is 11.9 Å². The third kappa shape index (κ3) is 2.23. The van der Waals surface area contributed by atoms with Gasteiger partial charge in [-0.3, -0.25) is 4.79 Å². The van der Waals surface area contributed by atoms with E-state index in [2.05, 4.69) is 4.74 Å². The molecule has 80 valence electrons. The lowest BCUT2D eigenvalue weighted by atomic mass is 10.2. The van der Waals surface area contributed by atoms with Crippen molar-refractivity contribution in [3.05, 3.63) is 0 Å². The molecule has 1 heterocycles. The monoisotopic (exact) mass is 201 g/mol. The van der Waals surface area contributed by atoms with Gasteiger partial charge >= 0.3 is 11.9 Å². The van der Waals surface area contributed by atoms with E-state index in [0.29, 0.717) is 6.54 Å². The van der Waals surface area contributed by atoms with Gasteiger partial charge in [0.2, 0.25) is 0 Å². The summed E-state index contributed by atoms with van der Waals surface area (Å²) in [5, 5.41) is 8.95. The van der Waals surface area contributed by atoms with Crippen molar-refractivity contribution in [2.45, 2.75) is 25.8 Å². The Balaban J connectivity index is 2.55. The molecular formula is C9H15NO4. The Kier molecular flexibility index (Phi) is 3.88. The molecule has 14 heavy (non-hydrogen) atoms. The van der Waals surface area contributed by atoms with Crippen LogP contribution in [0, 0.1) is 0 Å². The quantitative estimate of drug-likeness (QED) is 0.484. The molecule has 0 saturated carbocycles. The summed E-state index contributed by atoms with van der Waals surface area (Å²) in [6, 6.07) is -0.216. The van der Waals surface area contributed by atoms with E-state index < -0.39 is 11.9 Å². The van der Waals surface area contributed by atoms with Crippen LogP contribution in [0.3, 0.4) is 0 Å². The van der Waals surface area contributed by atoms with Crippen LogP contribution in [0.2, 0.25) is 0 Å². The first-order valence-electron chi connectivity index (χ1n) is 4.79. The van der Waals surface area contributed by atoms with Crippen molar-refractivity contribution in [3.8, 4) is 0 Å². The molecule has 0 aliphatic carbocycles. The molecule has 1 atom stereocenters. The lowest BCUT2D eigenvalue weighted by molar-refractivity contribution is -0.160. The highest BCUT2D eigenvalue weighted by atomic mass is 16.5. The number of nitrogens with zero attached hydrogens (tertiary/aromatic N) is 1. The van der Waals surface area contributed by atoms with Gasteiger partial charge in [0.15, 0.2) is 0 Å². The second kappa shape index (κ2) is 4.95. The first-order valence-corrected chi connectivity index (χ1v) is 4.79. The third-order valence-corrected chi connectivity index (χ3v) is 2.30. The SMILES string of the molecule is CCOC(=O)C(=O)N1CCCC1CO. The van der Waals surface area contributed by atoms with E-state index in [4.69, 9.17) is 5.11 Å². The number of likely N-dealkylation sites (tertiary alicyclic amines) is 1. The predicted octanol–water partition coefficient (Wildman–Crippen LogP) is -0.467. The normalized spacial score (nSPS) is 21.0. The topological polar surface area (TPSA) is 66.8 Å². The number of amides is 1. The second-order valence-corrected chi connectivity index (χ2v) is 3.20. The van der Waals surface area contributed by atoms with E-state index in [1.807, 2.05) is 0 Å². The number of rotatable bonds is 2. The Hall–Kier alpha value is -1.10. The van der Waals surface area contributed by atoms with E-state index >= 15 is 0 Å². The molecule has 1 fully saturated rings. The number of aliphatic hydroxyl groups is 1. The summed E-state index contributed by atoms with van der Waals surface area (Å²) in [5.41, 5.74) is 0. The number of hydrogen-bond acceptors (Lipinski definition) is 4. The summed E-state index contributed by atoms with van der Waals surface area (Å²) in [6.45, 7) is 2.29. The van der Waals surface area contributed by atoms with Gasteiger partial charge in [-0.05, 0) is 19.8 Å². The van der Waals surface area contributed by atoms with Gasteiger partial charge in [0.05, 0.1) is 19.3 Å². The van der Waals surface area contributed by atoms with Crippen molar-refractivity contribution in [1.82, 2.24) is 4.90 Å². The van der Waals surface area contributed by atoms with E-state index in [9.17, 15) is 9.59 Å². The average Bonchev–Trinajstić information content (AvgIpc) is 2.64. The summed E-state index contributed by atoms with van der Waals surface area (Å²) in [7, 11) is 0. The van der Waals surface area contributed by atoms with Crippen LogP contribution in [0.4, 0.5) is 0 Å². The molecule has 5 heteroatoms. The van der Waals surface area contributed by atoms with Gasteiger partial charge in [0, 0.05) is 6.54 Å². The highest BCUT2D eigenvalue weighted by molar-refractivity contribution is 6.32. The number of hydrogen-bond donors (Lipinski definition) is 1. The molecule has 0 spiro atoms. The molecule has 5 nitrogen and oxygen atoms in total. The number of esters is 1. The molecule has 0 bridgehead atoms. The largest absolute Gasteiger partial charge is 0.459 e. The zero-order valence-electron chi connectivity index (χ0n) is 8.23. The zero-order valence-corrected chi connectivity index (χ0v) is 8.23. The molecule has 1 unspecified atom stereocenters. The fourth-order valence-corrected chi connectivity index (χ4v) is 1.60. The summed E-state index contributed by atoms with van der Waals surface area (Å²) in [4.78, 5) is 23.9. The van der Waals surface area contributed by atoms with Gasteiger partial charge in [-0.15, -0.1) is 0 Å². The maximum atomic E-state index is 11.4. The fraction of sp³-hybridized carbons (Fsp3) is 0.778. The molecule has 1 amide bonds. The summed E-state index contributed by atoms with van der Waals surface area (Å²) < 4.78 is 4.60. The van der Waals surface area contributed by atoms with Crippen molar-refractivity contribution in [3.63, 3.8) is 0 Å². The Morgan fingerprint density at radius 1 is 1.57 bits per heavy atom. The van der Waals surface area contributed by atoms with E-state index in [1.165, 1.54) is 4.90 Å². The van der Waals surface area contributed by atoms with Gasteiger partial charge in [-0.2, -0.15) is 0 Å². The molecular weight excluding hydrogens is 186 g/mol. The van der Waals surface area contributed by atoms with Crippen LogP contribution in [0.15, 0.2) is 0 Å². The Bertz CT molecular complexity index is 229. The van der Waals surface area contributed by atoms with Gasteiger partial charge in [-0.25, -0.2) is 4.79 Å². The van der Waals surface area contributed by atoms with Crippen LogP contribution in [0.1, 0.15) is 19.8 Å². The summed E-state index contributed by atoms with van der Waals surface area (Å²) in [6.07, 6.45) is 1.58. The van der Waals surface area contributed by atoms with Crippen molar-refractivity contribution in [2.24, 2.45) is 0 Å². The highest BCUT2D eigenvalue weighted by Crippen LogP contribution is 2.16. The number of aliphatic hydroxyl groups excluding tert-OH is 1. The minimum absolute atomic E-state index is 0.0921. The van der Waals surface area contributed by atoms with Crippen LogP contribution in [-0.4, -0.2) is 47.7 Å². The minimum Gasteiger partial charge on any atom is -0.459 e. The Labute approximate surface area is 82.6 Å². The van der Waals surface area contributed by atoms with Crippen molar-refractivity contribution in [1.29, 1.82) is 0 Å². The van der Waals surface area contributed by atoms with Gasteiger partial charge in [-0.1, -0.05) is 0 Å². The van der Waals surface area contributed by atoms with Gasteiger partial charge in [0.1, 0.15) is 0 Å². The molecule has 0 radical (unpaired) electrons. The number of carbonyl (C=O) groups is 2. The van der Waals surface area contributed by atoms with E-state index in [0.717, 1.165) is 12.8 Å². The Morgan fingerprint density at radius 2 is 2.29 bits per heavy atom. The molecule has 0 aromatic heterocycles. The van der Waals surface area contributed by atoms with Crippen LogP contribution < -0.4 is 0 Å². The molecule has 0 aromatic rings. The van der Waals surface area contributed by atoms with Crippen molar-refractivity contribution < 1.29 is 19.4 Å². The van der Waals surface area contributed by atoms with Gasteiger partial charge < -0.3 is 14.7 Å². The summed E-state index contributed by atoms with van der Waals surface area (Å²) in [5.74, 6) is -1.46. The van der Waals surface area contributed by atoms with Crippen LogP contribution in [-0.2, 0) is 14.3 Å².